The van der Waals surface area contributed by atoms with E-state index in [4.69, 9.17) is 14.2 Å². The Morgan fingerprint density at radius 2 is 1.77 bits per heavy atom. The number of methoxy groups -OCH3 is 3. The molecule has 0 fully saturated rings. The summed E-state index contributed by atoms with van der Waals surface area (Å²) in [7, 11) is 4.80. The highest BCUT2D eigenvalue weighted by Gasteiger charge is 2.30. The number of anilines is 1. The Hall–Kier alpha value is -2.21. The van der Waals surface area contributed by atoms with Crippen molar-refractivity contribution in [3.63, 3.8) is 0 Å². The second-order valence-electron chi connectivity index (χ2n) is 4.95. The van der Waals surface area contributed by atoms with Crippen molar-refractivity contribution in [2.45, 2.75) is 12.3 Å². The summed E-state index contributed by atoms with van der Waals surface area (Å²) in [6.07, 6.45) is 0.388. The summed E-state index contributed by atoms with van der Waals surface area (Å²) in [4.78, 5) is 13.1. The average molecular weight is 319 g/mol. The Bertz CT molecular complexity index is 710. The molecule has 0 unspecified atom stereocenters. The monoisotopic (exact) mass is 319 g/mol. The van der Waals surface area contributed by atoms with Crippen LogP contribution in [0.5, 0.6) is 17.2 Å². The molecule has 0 saturated heterocycles. The lowest BCUT2D eigenvalue weighted by Gasteiger charge is -2.25. The highest BCUT2D eigenvalue weighted by Crippen LogP contribution is 2.46. The fourth-order valence-corrected chi connectivity index (χ4v) is 3.72. The van der Waals surface area contributed by atoms with Gasteiger partial charge in [0.25, 0.3) is 0 Å². The lowest BCUT2D eigenvalue weighted by molar-refractivity contribution is -0.116. The van der Waals surface area contributed by atoms with Crippen molar-refractivity contribution in [3.8, 4) is 17.2 Å². The number of ether oxygens (including phenoxy) is 3. The molecular formula is C16H17NO4S. The fraction of sp³-hybridized carbons (Fsp3) is 0.312. The van der Waals surface area contributed by atoms with Gasteiger partial charge < -0.3 is 19.5 Å². The second-order valence-corrected chi connectivity index (χ2v) is 5.90. The Labute approximate surface area is 132 Å². The third-order valence-corrected chi connectivity index (χ3v) is 4.82. The SMILES string of the molecule is COc1cc(OC)c([C@H]2CC(=O)Nc3ccsc32)cc1OC. The number of carbonyl (C=O) groups excluding carboxylic acids is 1. The van der Waals surface area contributed by atoms with Gasteiger partial charge in [0.05, 0.1) is 27.0 Å². The number of nitrogens with one attached hydrogen (secondary N) is 1. The van der Waals surface area contributed by atoms with E-state index in [0.29, 0.717) is 23.7 Å². The minimum Gasteiger partial charge on any atom is -0.496 e. The fourth-order valence-electron chi connectivity index (χ4n) is 2.75. The van der Waals surface area contributed by atoms with Crippen LogP contribution in [0.2, 0.25) is 0 Å². The maximum Gasteiger partial charge on any atom is 0.225 e. The summed E-state index contributed by atoms with van der Waals surface area (Å²) in [6.45, 7) is 0. The molecule has 1 atom stereocenters. The summed E-state index contributed by atoms with van der Waals surface area (Å²) in [5.41, 5.74) is 1.81. The number of thiophene rings is 1. The molecule has 0 saturated carbocycles. The molecule has 5 nitrogen and oxygen atoms in total. The summed E-state index contributed by atoms with van der Waals surface area (Å²) in [5.74, 6) is 1.89. The zero-order chi connectivity index (χ0) is 15.7. The molecule has 2 heterocycles. The number of carbonyl (C=O) groups is 1. The van der Waals surface area contributed by atoms with Gasteiger partial charge >= 0.3 is 0 Å². The molecule has 0 bridgehead atoms. The lowest BCUT2D eigenvalue weighted by Crippen LogP contribution is -2.22. The molecule has 116 valence electrons. The van der Waals surface area contributed by atoms with E-state index in [1.54, 1.807) is 38.7 Å². The van der Waals surface area contributed by atoms with E-state index in [1.807, 2.05) is 17.5 Å². The van der Waals surface area contributed by atoms with Gasteiger partial charge in [-0.1, -0.05) is 0 Å². The molecule has 1 N–H and O–H groups in total. The molecule has 22 heavy (non-hydrogen) atoms. The van der Waals surface area contributed by atoms with Crippen molar-refractivity contribution in [2.75, 3.05) is 26.6 Å². The van der Waals surface area contributed by atoms with Crippen molar-refractivity contribution in [3.05, 3.63) is 34.0 Å². The van der Waals surface area contributed by atoms with Crippen molar-refractivity contribution < 1.29 is 19.0 Å². The van der Waals surface area contributed by atoms with Gasteiger partial charge in [-0.2, -0.15) is 0 Å². The zero-order valence-electron chi connectivity index (χ0n) is 12.6. The normalized spacial score (nSPS) is 16.7. The van der Waals surface area contributed by atoms with E-state index < -0.39 is 0 Å². The second kappa shape index (κ2) is 5.88. The van der Waals surface area contributed by atoms with Crippen LogP contribution in [0.15, 0.2) is 23.6 Å². The third-order valence-electron chi connectivity index (χ3n) is 3.79. The van der Waals surface area contributed by atoms with Crippen LogP contribution < -0.4 is 19.5 Å². The summed E-state index contributed by atoms with van der Waals surface area (Å²) < 4.78 is 16.2. The van der Waals surface area contributed by atoms with Crippen molar-refractivity contribution in [1.29, 1.82) is 0 Å². The Morgan fingerprint density at radius 1 is 1.09 bits per heavy atom. The summed E-state index contributed by atoms with van der Waals surface area (Å²) in [5, 5.41) is 4.89. The first kappa shape index (κ1) is 14.7. The van der Waals surface area contributed by atoms with E-state index in [0.717, 1.165) is 16.1 Å². The molecule has 1 aromatic carbocycles. The Morgan fingerprint density at radius 3 is 2.45 bits per heavy atom. The molecule has 2 aromatic rings. The molecule has 0 aliphatic carbocycles. The molecule has 0 radical (unpaired) electrons. The molecule has 1 aromatic heterocycles. The van der Waals surface area contributed by atoms with E-state index in [-0.39, 0.29) is 11.8 Å². The van der Waals surface area contributed by atoms with Crippen LogP contribution in [0.3, 0.4) is 0 Å². The van der Waals surface area contributed by atoms with Gasteiger partial charge in [0.2, 0.25) is 5.91 Å². The molecule has 6 heteroatoms. The van der Waals surface area contributed by atoms with Crippen LogP contribution in [0.25, 0.3) is 0 Å². The van der Waals surface area contributed by atoms with Crippen LogP contribution in [-0.4, -0.2) is 27.2 Å². The summed E-state index contributed by atoms with van der Waals surface area (Å²) in [6, 6.07) is 5.62. The van der Waals surface area contributed by atoms with Crippen LogP contribution in [0.1, 0.15) is 22.8 Å². The van der Waals surface area contributed by atoms with E-state index >= 15 is 0 Å². The minimum absolute atomic E-state index is 0.00716. The lowest BCUT2D eigenvalue weighted by atomic mass is 9.89. The Kier molecular flexibility index (Phi) is 3.94. The van der Waals surface area contributed by atoms with Gasteiger partial charge in [0.1, 0.15) is 5.75 Å². The number of hydrogen-bond donors (Lipinski definition) is 1. The standard InChI is InChI=1S/C16H17NO4S/c1-19-12-8-14(21-3)13(20-2)6-9(12)10-7-15(18)17-11-4-5-22-16(10)11/h4-6,8,10H,7H2,1-3H3,(H,17,18)/t10-/m1/s1. The van der Waals surface area contributed by atoms with Crippen LogP contribution in [0.4, 0.5) is 5.69 Å². The summed E-state index contributed by atoms with van der Waals surface area (Å²) >= 11 is 1.63. The first-order valence-electron chi connectivity index (χ1n) is 6.85. The topological polar surface area (TPSA) is 56.8 Å². The highest BCUT2D eigenvalue weighted by atomic mass is 32.1. The molecule has 0 spiro atoms. The van der Waals surface area contributed by atoms with Crippen LogP contribution >= 0.6 is 11.3 Å². The highest BCUT2D eigenvalue weighted by molar-refractivity contribution is 7.10. The predicted octanol–water partition coefficient (Wildman–Crippen LogP) is 3.25. The Balaban J connectivity index is 2.14. The smallest absolute Gasteiger partial charge is 0.225 e. The maximum atomic E-state index is 12.0. The first-order valence-corrected chi connectivity index (χ1v) is 7.73. The number of amides is 1. The average Bonchev–Trinajstić information content (AvgIpc) is 3.00. The van der Waals surface area contributed by atoms with Gasteiger partial charge in [-0.3, -0.25) is 4.79 Å². The number of fused-ring (bicyclic) bond motifs is 1. The van der Waals surface area contributed by atoms with Crippen molar-refractivity contribution in [1.82, 2.24) is 0 Å². The van der Waals surface area contributed by atoms with Crippen LogP contribution in [-0.2, 0) is 4.79 Å². The number of benzene rings is 1. The third kappa shape index (κ3) is 2.39. The minimum atomic E-state index is -0.0430. The zero-order valence-corrected chi connectivity index (χ0v) is 13.5. The number of rotatable bonds is 4. The van der Waals surface area contributed by atoms with E-state index in [9.17, 15) is 4.79 Å². The van der Waals surface area contributed by atoms with Gasteiger partial charge in [-0.15, -0.1) is 11.3 Å². The van der Waals surface area contributed by atoms with Gasteiger partial charge in [-0.25, -0.2) is 0 Å². The van der Waals surface area contributed by atoms with E-state index in [1.165, 1.54) is 0 Å². The van der Waals surface area contributed by atoms with Crippen molar-refractivity contribution in [2.24, 2.45) is 0 Å². The molecule has 1 aliphatic heterocycles. The predicted molar refractivity (Wildman–Crippen MR) is 85.5 cm³/mol. The molecule has 1 amide bonds. The van der Waals surface area contributed by atoms with Gasteiger partial charge in [0.15, 0.2) is 11.5 Å². The van der Waals surface area contributed by atoms with Gasteiger partial charge in [-0.05, 0) is 17.5 Å². The largest absolute Gasteiger partial charge is 0.496 e. The first-order chi connectivity index (χ1) is 10.7. The molecule has 1 aliphatic rings. The molecule has 3 rings (SSSR count). The van der Waals surface area contributed by atoms with Crippen LogP contribution in [0, 0.1) is 0 Å². The number of hydrogen-bond acceptors (Lipinski definition) is 5. The quantitative estimate of drug-likeness (QED) is 0.940. The van der Waals surface area contributed by atoms with E-state index in [2.05, 4.69) is 5.32 Å². The maximum absolute atomic E-state index is 12.0. The van der Waals surface area contributed by atoms with Gasteiger partial charge in [0, 0.05) is 28.8 Å². The molecular weight excluding hydrogens is 302 g/mol. The van der Waals surface area contributed by atoms with Crippen molar-refractivity contribution >= 4 is 22.9 Å².